The van der Waals surface area contributed by atoms with Gasteiger partial charge in [0.2, 0.25) is 0 Å². The molecule has 0 aliphatic carbocycles. The highest BCUT2D eigenvalue weighted by atomic mass is 35.5. The minimum atomic E-state index is -0.352. The second kappa shape index (κ2) is 7.85. The third-order valence-electron chi connectivity index (χ3n) is 3.91. The Morgan fingerprint density at radius 2 is 2.00 bits per heavy atom. The van der Waals surface area contributed by atoms with Gasteiger partial charge in [-0.1, -0.05) is 29.8 Å². The molecule has 0 spiro atoms. The van der Waals surface area contributed by atoms with Crippen LogP contribution >= 0.6 is 23.8 Å². The van der Waals surface area contributed by atoms with Crippen LogP contribution in [-0.4, -0.2) is 14.9 Å². The summed E-state index contributed by atoms with van der Waals surface area (Å²) in [6, 6.07) is 12.5. The standard InChI is InChI=1S/C19H18ClFN4S/c1-12-6-7-13(2)17(10-12)22-19(26)23-18-8-9-25(24-18)11-14-15(20)4-3-5-16(14)21/h3-10H,11H2,1-2H3,(H2,22,23,24,26). The van der Waals surface area contributed by atoms with Gasteiger partial charge in [0.25, 0.3) is 0 Å². The number of nitrogens with zero attached hydrogens (tertiary/aromatic N) is 2. The molecule has 4 nitrogen and oxygen atoms in total. The maximum atomic E-state index is 13.9. The van der Waals surface area contributed by atoms with Gasteiger partial charge in [-0.3, -0.25) is 4.68 Å². The number of hydrogen-bond donors (Lipinski definition) is 2. The maximum Gasteiger partial charge on any atom is 0.176 e. The molecular formula is C19H18ClFN4S. The van der Waals surface area contributed by atoms with Gasteiger partial charge in [0.15, 0.2) is 10.9 Å². The zero-order valence-corrected chi connectivity index (χ0v) is 16.0. The van der Waals surface area contributed by atoms with Crippen molar-refractivity contribution in [2.24, 2.45) is 0 Å². The Morgan fingerprint density at radius 1 is 1.19 bits per heavy atom. The predicted molar refractivity (Wildman–Crippen MR) is 108 cm³/mol. The van der Waals surface area contributed by atoms with Crippen LogP contribution in [0.3, 0.4) is 0 Å². The van der Waals surface area contributed by atoms with Crippen LogP contribution in [0.5, 0.6) is 0 Å². The van der Waals surface area contributed by atoms with Gasteiger partial charge in [-0.25, -0.2) is 4.39 Å². The predicted octanol–water partition coefficient (Wildman–Crippen LogP) is 5.15. The Kier molecular flexibility index (Phi) is 5.54. The summed E-state index contributed by atoms with van der Waals surface area (Å²) in [5.41, 5.74) is 3.59. The fourth-order valence-corrected chi connectivity index (χ4v) is 2.94. The van der Waals surface area contributed by atoms with E-state index in [0.717, 1.165) is 16.8 Å². The van der Waals surface area contributed by atoms with Crippen molar-refractivity contribution in [2.45, 2.75) is 20.4 Å². The monoisotopic (exact) mass is 388 g/mol. The quantitative estimate of drug-likeness (QED) is 0.606. The third-order valence-corrected chi connectivity index (χ3v) is 4.46. The number of aryl methyl sites for hydroxylation is 2. The normalized spacial score (nSPS) is 10.6. The molecule has 0 bridgehead atoms. The Balaban J connectivity index is 1.66. The smallest absolute Gasteiger partial charge is 0.176 e. The van der Waals surface area contributed by atoms with Crippen molar-refractivity contribution >= 4 is 40.4 Å². The first-order valence-electron chi connectivity index (χ1n) is 8.04. The van der Waals surface area contributed by atoms with Gasteiger partial charge >= 0.3 is 0 Å². The first-order valence-corrected chi connectivity index (χ1v) is 8.82. The second-order valence-electron chi connectivity index (χ2n) is 6.00. The van der Waals surface area contributed by atoms with E-state index >= 15 is 0 Å². The first-order chi connectivity index (χ1) is 12.4. The molecule has 1 heterocycles. The third kappa shape index (κ3) is 4.39. The van der Waals surface area contributed by atoms with Crippen LogP contribution in [0, 0.1) is 19.7 Å². The van der Waals surface area contributed by atoms with Crippen molar-refractivity contribution in [1.29, 1.82) is 0 Å². The van der Waals surface area contributed by atoms with Gasteiger partial charge in [-0.05, 0) is 55.4 Å². The molecule has 26 heavy (non-hydrogen) atoms. The Hall–Kier alpha value is -2.44. The van der Waals surface area contributed by atoms with E-state index in [4.69, 9.17) is 23.8 Å². The Morgan fingerprint density at radius 3 is 2.77 bits per heavy atom. The summed E-state index contributed by atoms with van der Waals surface area (Å²) < 4.78 is 15.5. The van der Waals surface area contributed by atoms with Crippen LogP contribution in [0.1, 0.15) is 16.7 Å². The molecule has 7 heteroatoms. The highest BCUT2D eigenvalue weighted by Crippen LogP contribution is 2.20. The number of hydrogen-bond acceptors (Lipinski definition) is 2. The van der Waals surface area contributed by atoms with Crippen LogP contribution in [0.4, 0.5) is 15.9 Å². The summed E-state index contributed by atoms with van der Waals surface area (Å²) >= 11 is 11.4. The maximum absolute atomic E-state index is 13.9. The largest absolute Gasteiger partial charge is 0.332 e. The first kappa shape index (κ1) is 18.4. The van der Waals surface area contributed by atoms with E-state index in [1.165, 1.54) is 6.07 Å². The van der Waals surface area contributed by atoms with E-state index < -0.39 is 0 Å². The molecule has 0 fully saturated rings. The Labute approximate surface area is 162 Å². The summed E-state index contributed by atoms with van der Waals surface area (Å²) in [7, 11) is 0. The molecule has 0 aliphatic rings. The SMILES string of the molecule is Cc1ccc(C)c(NC(=S)Nc2ccn(Cc3c(F)cccc3Cl)n2)c1. The van der Waals surface area contributed by atoms with E-state index in [1.807, 2.05) is 32.0 Å². The molecule has 0 aliphatic heterocycles. The molecule has 0 saturated heterocycles. The van der Waals surface area contributed by atoms with Crippen molar-refractivity contribution < 1.29 is 4.39 Å². The van der Waals surface area contributed by atoms with E-state index in [2.05, 4.69) is 15.7 Å². The summed E-state index contributed by atoms with van der Waals surface area (Å²) in [5.74, 6) is 0.217. The molecule has 0 atom stereocenters. The number of rotatable bonds is 4. The van der Waals surface area contributed by atoms with Crippen LogP contribution in [0.2, 0.25) is 5.02 Å². The highest BCUT2D eigenvalue weighted by molar-refractivity contribution is 7.80. The lowest BCUT2D eigenvalue weighted by molar-refractivity contribution is 0.586. The number of aromatic nitrogens is 2. The molecule has 0 amide bonds. The molecule has 134 valence electrons. The number of halogens is 2. The van der Waals surface area contributed by atoms with Gasteiger partial charge in [0.1, 0.15) is 5.82 Å². The zero-order chi connectivity index (χ0) is 18.7. The van der Waals surface area contributed by atoms with Gasteiger partial charge in [-0.15, -0.1) is 0 Å². The number of thiocarbonyl (C=S) groups is 1. The van der Waals surface area contributed by atoms with Crippen molar-refractivity contribution in [1.82, 2.24) is 9.78 Å². The molecule has 3 aromatic rings. The summed E-state index contributed by atoms with van der Waals surface area (Å²) in [6.45, 7) is 4.28. The van der Waals surface area contributed by atoms with Crippen LogP contribution in [-0.2, 0) is 6.54 Å². The van der Waals surface area contributed by atoms with Crippen LogP contribution in [0.25, 0.3) is 0 Å². The topological polar surface area (TPSA) is 41.9 Å². The zero-order valence-electron chi connectivity index (χ0n) is 14.4. The number of benzene rings is 2. The van der Waals surface area contributed by atoms with E-state index in [1.54, 1.807) is 29.1 Å². The summed E-state index contributed by atoms with van der Waals surface area (Å²) in [4.78, 5) is 0. The average molecular weight is 389 g/mol. The highest BCUT2D eigenvalue weighted by Gasteiger charge is 2.09. The van der Waals surface area contributed by atoms with E-state index in [0.29, 0.717) is 21.5 Å². The lowest BCUT2D eigenvalue weighted by Gasteiger charge is -2.12. The van der Waals surface area contributed by atoms with Crippen molar-refractivity contribution in [3.63, 3.8) is 0 Å². The van der Waals surface area contributed by atoms with Gasteiger partial charge < -0.3 is 10.6 Å². The van der Waals surface area contributed by atoms with Crippen molar-refractivity contribution in [2.75, 3.05) is 10.6 Å². The van der Waals surface area contributed by atoms with Crippen molar-refractivity contribution in [3.8, 4) is 0 Å². The van der Waals surface area contributed by atoms with Crippen LogP contribution in [0.15, 0.2) is 48.7 Å². The van der Waals surface area contributed by atoms with Crippen LogP contribution < -0.4 is 10.6 Å². The molecule has 3 rings (SSSR count). The second-order valence-corrected chi connectivity index (χ2v) is 6.81. The molecule has 0 saturated carbocycles. The van der Waals surface area contributed by atoms with E-state index in [-0.39, 0.29) is 12.4 Å². The summed E-state index contributed by atoms with van der Waals surface area (Å²) in [5, 5.41) is 11.4. The molecule has 2 N–H and O–H groups in total. The Bertz CT molecular complexity index is 934. The minimum Gasteiger partial charge on any atom is -0.332 e. The molecule has 1 aromatic heterocycles. The molecule has 0 unspecified atom stereocenters. The van der Waals surface area contributed by atoms with E-state index in [9.17, 15) is 4.39 Å². The average Bonchev–Trinajstić information content (AvgIpc) is 3.01. The fraction of sp³-hybridized carbons (Fsp3) is 0.158. The van der Waals surface area contributed by atoms with Gasteiger partial charge in [-0.2, -0.15) is 5.10 Å². The lowest BCUT2D eigenvalue weighted by Crippen LogP contribution is -2.20. The number of nitrogens with one attached hydrogen (secondary N) is 2. The lowest BCUT2D eigenvalue weighted by atomic mass is 10.1. The minimum absolute atomic E-state index is 0.240. The van der Waals surface area contributed by atoms with Crippen molar-refractivity contribution in [3.05, 3.63) is 76.2 Å². The molecule has 2 aromatic carbocycles. The molecular weight excluding hydrogens is 371 g/mol. The summed E-state index contributed by atoms with van der Waals surface area (Å²) in [6.07, 6.45) is 1.74. The van der Waals surface area contributed by atoms with Gasteiger partial charge in [0, 0.05) is 28.5 Å². The van der Waals surface area contributed by atoms with Gasteiger partial charge in [0.05, 0.1) is 6.54 Å². The fourth-order valence-electron chi connectivity index (χ4n) is 2.50. The number of anilines is 2. The molecule has 0 radical (unpaired) electrons.